The first-order chi connectivity index (χ1) is 9.28. The van der Waals surface area contributed by atoms with Gasteiger partial charge in [0.25, 0.3) is 5.97 Å². The van der Waals surface area contributed by atoms with Gasteiger partial charge in [0, 0.05) is 4.47 Å². The zero-order valence-corrected chi connectivity index (χ0v) is 17.0. The largest absolute Gasteiger partial charge is 2.00 e. The van der Waals surface area contributed by atoms with Gasteiger partial charge in [-0.3, -0.25) is 17.8 Å². The van der Waals surface area contributed by atoms with Crippen molar-refractivity contribution >= 4 is 28.0 Å². The summed E-state index contributed by atoms with van der Waals surface area (Å²) in [5.74, 6) is -0.299. The molecule has 3 nitrogen and oxygen atoms in total. The molecular weight excluding hydrogens is 504 g/mol. The Morgan fingerprint density at radius 1 is 1.38 bits per heavy atom. The van der Waals surface area contributed by atoms with Gasteiger partial charge in [0.15, 0.2) is 0 Å². The molecule has 1 aromatic rings. The number of hydrogen-bond acceptors (Lipinski definition) is 3. The van der Waals surface area contributed by atoms with E-state index in [1.54, 1.807) is 6.08 Å². The second-order valence-corrected chi connectivity index (χ2v) is 5.90. The molecule has 0 amide bonds. The van der Waals surface area contributed by atoms with Crippen LogP contribution >= 0.6 is 15.9 Å². The van der Waals surface area contributed by atoms with Crippen LogP contribution in [0.25, 0.3) is 6.08 Å². The van der Waals surface area contributed by atoms with Crippen LogP contribution in [-0.4, -0.2) is 23.3 Å². The summed E-state index contributed by atoms with van der Waals surface area (Å²) >= 11 is 3.32. The van der Waals surface area contributed by atoms with E-state index in [9.17, 15) is 4.79 Å². The van der Waals surface area contributed by atoms with Crippen LogP contribution in [0, 0.1) is 13.0 Å². The first kappa shape index (κ1) is 22.8. The molecule has 1 aromatic carbocycles. The van der Waals surface area contributed by atoms with Crippen molar-refractivity contribution in [3.05, 3.63) is 47.3 Å². The van der Waals surface area contributed by atoms with Crippen LogP contribution in [0.1, 0.15) is 32.8 Å². The van der Waals surface area contributed by atoms with Gasteiger partial charge in [0.05, 0.1) is 0 Å². The van der Waals surface area contributed by atoms with Gasteiger partial charge in [-0.25, -0.2) is 6.08 Å². The molecule has 21 heavy (non-hydrogen) atoms. The number of aliphatic hydroxyl groups excluding tert-OH is 1. The van der Waals surface area contributed by atoms with Gasteiger partial charge >= 0.3 is 21.1 Å². The summed E-state index contributed by atoms with van der Waals surface area (Å²) in [6.07, 6.45) is 3.22. The second kappa shape index (κ2) is 12.1. The quantitative estimate of drug-likeness (QED) is 0.481. The Morgan fingerprint density at radius 2 is 1.90 bits per heavy atom. The zero-order chi connectivity index (χ0) is 15.6. The van der Waals surface area contributed by atoms with Crippen LogP contribution in [0.3, 0.4) is 0 Å². The van der Waals surface area contributed by atoms with E-state index in [4.69, 9.17) is 16.4 Å². The molecule has 0 spiro atoms. The number of aliphatic hydroxyl groups is 1. The van der Waals surface area contributed by atoms with Crippen molar-refractivity contribution in [2.24, 2.45) is 0 Å². The van der Waals surface area contributed by atoms with Crippen LogP contribution in [0.4, 0.5) is 0 Å². The van der Waals surface area contributed by atoms with Gasteiger partial charge in [-0.2, -0.15) is 5.56 Å². The molecule has 0 aliphatic carbocycles. The zero-order valence-electron chi connectivity index (χ0n) is 12.5. The second-order valence-electron chi connectivity index (χ2n) is 4.98. The molecule has 0 unspecified atom stereocenters. The van der Waals surface area contributed by atoms with E-state index >= 15 is 0 Å². The first-order valence-electron chi connectivity index (χ1n) is 6.23. The third-order valence-corrected chi connectivity index (χ3v) is 2.45. The number of carbonyl (C=O) groups excluding carboxylic acids is 1. The van der Waals surface area contributed by atoms with Gasteiger partial charge in [0.2, 0.25) is 0 Å². The minimum atomic E-state index is -0.430. The van der Waals surface area contributed by atoms with Crippen LogP contribution in [0.5, 0.6) is 0 Å². The molecule has 0 bridgehead atoms. The van der Waals surface area contributed by atoms with Crippen molar-refractivity contribution in [3.8, 4) is 0 Å². The number of halogens is 1. The van der Waals surface area contributed by atoms with Crippen LogP contribution in [-0.2, 0) is 30.6 Å². The normalized spacial score (nSPS) is 9.76. The molecule has 0 fully saturated rings. The predicted molar refractivity (Wildman–Crippen MR) is 84.8 cm³/mol. The minimum absolute atomic E-state index is 0. The van der Waals surface area contributed by atoms with E-state index in [1.807, 2.05) is 45.0 Å². The van der Waals surface area contributed by atoms with Crippen molar-refractivity contribution in [1.29, 1.82) is 0 Å². The van der Waals surface area contributed by atoms with Crippen molar-refractivity contribution in [2.45, 2.75) is 32.8 Å². The Bertz CT molecular complexity index is 411. The van der Waals surface area contributed by atoms with E-state index in [0.29, 0.717) is 0 Å². The molecule has 0 aliphatic rings. The number of ether oxygens (including phenoxy) is 1. The topological polar surface area (TPSA) is 46.5 Å². The molecule has 0 heterocycles. The van der Waals surface area contributed by atoms with Crippen LogP contribution in [0.15, 0.2) is 28.7 Å². The summed E-state index contributed by atoms with van der Waals surface area (Å²) in [6.45, 7) is 10.6. The Hall–Kier alpha value is -0.442. The Labute approximate surface area is 150 Å². The van der Waals surface area contributed by atoms with Crippen LogP contribution < -0.4 is 0 Å². The van der Waals surface area contributed by atoms with Gasteiger partial charge in [0.1, 0.15) is 5.60 Å². The summed E-state index contributed by atoms with van der Waals surface area (Å²) in [7, 11) is 0. The van der Waals surface area contributed by atoms with E-state index in [1.165, 1.54) is 6.42 Å². The van der Waals surface area contributed by atoms with E-state index in [2.05, 4.69) is 15.9 Å². The predicted octanol–water partition coefficient (Wildman–Crippen LogP) is 3.81. The molecule has 1 rings (SSSR count). The fourth-order valence-corrected chi connectivity index (χ4v) is 1.40. The molecular formula is C16H21BrO3W. The average molecular weight is 525 g/mol. The Balaban J connectivity index is 0. The van der Waals surface area contributed by atoms with Gasteiger partial charge in [-0.15, -0.1) is 12.1 Å². The van der Waals surface area contributed by atoms with E-state index < -0.39 is 5.60 Å². The van der Waals surface area contributed by atoms with Crippen molar-refractivity contribution in [2.75, 3.05) is 6.61 Å². The summed E-state index contributed by atoms with van der Waals surface area (Å²) in [4.78, 5) is 10.9. The smallest absolute Gasteiger partial charge is 0.462 e. The number of esters is 1. The summed E-state index contributed by atoms with van der Waals surface area (Å²) < 4.78 is 6.04. The molecule has 0 saturated carbocycles. The van der Waals surface area contributed by atoms with Gasteiger partial charge in [-0.1, -0.05) is 41.1 Å². The molecule has 0 radical (unpaired) electrons. The number of benzene rings is 1. The maximum atomic E-state index is 10.9. The molecule has 1 N–H and O–H groups in total. The van der Waals surface area contributed by atoms with Crippen molar-refractivity contribution < 1.29 is 35.7 Å². The number of hydrogen-bond donors (Lipinski definition) is 1. The molecule has 5 heteroatoms. The Morgan fingerprint density at radius 3 is 2.29 bits per heavy atom. The third-order valence-electron chi connectivity index (χ3n) is 1.92. The van der Waals surface area contributed by atoms with E-state index in [-0.39, 0.29) is 40.1 Å². The van der Waals surface area contributed by atoms with Gasteiger partial charge < -0.3 is 9.84 Å². The van der Waals surface area contributed by atoms with Crippen LogP contribution in [0.2, 0.25) is 0 Å². The summed E-state index contributed by atoms with van der Waals surface area (Å²) in [5.41, 5.74) is 0.610. The molecule has 0 aromatic heterocycles. The molecule has 0 saturated heterocycles. The van der Waals surface area contributed by atoms with E-state index in [0.717, 1.165) is 10.0 Å². The maximum absolute atomic E-state index is 10.9. The number of rotatable bonds is 4. The molecule has 0 aliphatic heterocycles. The minimum Gasteiger partial charge on any atom is -0.462 e. The average Bonchev–Trinajstić information content (AvgIpc) is 2.36. The fraction of sp³-hybridized carbons (Fsp3) is 0.375. The van der Waals surface area contributed by atoms with Crippen molar-refractivity contribution in [1.82, 2.24) is 0 Å². The first-order valence-corrected chi connectivity index (χ1v) is 7.02. The number of carbonyl (C=O) groups is 1. The SMILES string of the molecule is CC(C)(C)OC(=O)C[CH-]CO.[CH-]=Cc1ccc(Br)cc1.[W+2]. The Kier molecular flexibility index (Phi) is 13.2. The fourth-order valence-electron chi connectivity index (χ4n) is 1.14. The van der Waals surface area contributed by atoms with Gasteiger partial charge in [-0.05, 0) is 20.8 Å². The summed E-state index contributed by atoms with van der Waals surface area (Å²) in [5, 5.41) is 8.35. The monoisotopic (exact) mass is 524 g/mol. The standard InChI is InChI=1S/C8H6Br.C8H15O3.W/c1-2-7-3-5-8(9)6-4-7;1-8(2,3)11-7(10)5-4-6-9;/h1-6H;4,9H,5-6H2,1-3H3;/q2*-1;+2. The van der Waals surface area contributed by atoms with Crippen molar-refractivity contribution in [3.63, 3.8) is 0 Å². The summed E-state index contributed by atoms with van der Waals surface area (Å²) in [6, 6.07) is 7.81. The molecule has 116 valence electrons. The molecule has 0 atom stereocenters. The third kappa shape index (κ3) is 14.3. The maximum Gasteiger partial charge on any atom is 2.00 e.